The number of anilines is 4. The molecule has 11 aromatic carbocycles. The molecule has 2 fully saturated rings. The molecule has 0 unspecified atom stereocenters. The van der Waals surface area contributed by atoms with Gasteiger partial charge in [0.2, 0.25) is 11.4 Å². The van der Waals surface area contributed by atoms with Crippen molar-refractivity contribution in [2.24, 2.45) is 20.5 Å². The summed E-state index contributed by atoms with van der Waals surface area (Å²) < 4.78 is 74.0. The molecule has 11 aromatic rings. The van der Waals surface area contributed by atoms with Crippen molar-refractivity contribution in [3.63, 3.8) is 0 Å². The molecule has 739 valence electrons. The van der Waals surface area contributed by atoms with Crippen molar-refractivity contribution < 1.29 is 124 Å². The van der Waals surface area contributed by atoms with Crippen LogP contribution in [0.15, 0.2) is 271 Å². The summed E-state index contributed by atoms with van der Waals surface area (Å²) in [7, 11) is -5.66. The normalized spacial score (nSPS) is 16.3. The van der Waals surface area contributed by atoms with E-state index < -0.39 is 30.3 Å². The number of likely N-dealkylation sites (N-methyl/N-ethyl adjacent to an activating group) is 2. The number of nitrogens with zero attached hydrogens (tertiary/aromatic N) is 14. The third kappa shape index (κ3) is 23.5. The van der Waals surface area contributed by atoms with Gasteiger partial charge < -0.3 is 40.0 Å². The van der Waals surface area contributed by atoms with E-state index in [1.165, 1.54) is 115 Å². The molecule has 4 aliphatic heterocycles. The number of azo groups is 2. The van der Waals surface area contributed by atoms with Crippen molar-refractivity contribution in [2.75, 3.05) is 59.9 Å². The molecule has 141 heavy (non-hydrogen) atoms. The first-order chi connectivity index (χ1) is 66.4. The monoisotopic (exact) mass is 2130 g/mol. The zero-order chi connectivity index (χ0) is 101. The number of nitro benzene ring substituents is 4. The van der Waals surface area contributed by atoms with E-state index in [4.69, 9.17) is 37.3 Å². The Labute approximate surface area is 844 Å². The van der Waals surface area contributed by atoms with Crippen LogP contribution in [0.25, 0.3) is 21.5 Å². The van der Waals surface area contributed by atoms with Gasteiger partial charge in [0.15, 0.2) is 24.5 Å². The Morgan fingerprint density at radius 3 is 1.03 bits per heavy atom. The average Bonchev–Trinajstić information content (AvgIpc) is 1.58. The van der Waals surface area contributed by atoms with E-state index in [9.17, 15) is 60.9 Å². The minimum Gasteiger partial charge on any atom is -0.506 e. The third-order valence-corrected chi connectivity index (χ3v) is 27.9. The van der Waals surface area contributed by atoms with Crippen LogP contribution in [0.4, 0.5) is 79.6 Å². The van der Waals surface area contributed by atoms with Gasteiger partial charge in [0.25, 0.3) is 22.7 Å². The van der Waals surface area contributed by atoms with Gasteiger partial charge in [-0.05, 0) is 218 Å². The summed E-state index contributed by atoms with van der Waals surface area (Å²) in [6.45, 7) is 22.1. The molecular formula is C102H104Br2Cl2CoN14O20. The molecule has 0 amide bonds. The largest absolute Gasteiger partial charge is 0.506 e. The van der Waals surface area contributed by atoms with Crippen molar-refractivity contribution >= 4 is 144 Å². The van der Waals surface area contributed by atoms with Crippen LogP contribution in [-0.2, 0) is 51.5 Å². The Morgan fingerprint density at radius 1 is 0.418 bits per heavy atom. The van der Waals surface area contributed by atoms with Crippen LogP contribution in [-0.4, -0.2) is 101 Å². The molecule has 0 saturated heterocycles. The maximum absolute atomic E-state index is 12.2. The van der Waals surface area contributed by atoms with Gasteiger partial charge in [-0.1, -0.05) is 123 Å². The van der Waals surface area contributed by atoms with Gasteiger partial charge in [-0.2, -0.15) is 9.15 Å². The summed E-state index contributed by atoms with van der Waals surface area (Å²) in [4.78, 5) is 52.6. The molecule has 4 N–H and O–H groups in total. The Kier molecular flexibility index (Phi) is 33.8. The van der Waals surface area contributed by atoms with Gasteiger partial charge in [-0.25, -0.2) is 37.3 Å². The number of non-ortho nitro benzene ring substituents is 2. The standard InChI is InChI=1S/C70H68Br2N6O4.2C16H18N4O4.2ClHO4.Co/c1-67(2)61(23-17-25-63-69(35-13-7-14-36-69)51-39-59(77(79)80)53(71)41-57(51)73(63)5)75(55-33-31-47-19-9-11-21-49(47)65(55)67)43-45-27-29-46(30-28-45)44-76-56-34-32-48-20-10-12-22-50(48)66(56)68(3,4)62(76)24-18-26-64-70(37-15-8-16-38-70)52-40-60(78(81)82)54(72)42-58(52)74(64)6;2*1-3-19(4-2)11-5-7-13(15(21)9-11)17-18-14-8-6-12(20(23)24)10-16(14)22;2*2-1(3,4)5;/h9-12,17-34,39-42H,7-8,13-16,35-38,43-44H2,1-6H3;2*5-10,21-22H,3-4H2,1-2H3;2*(H,2,3,4,5);/q+2;;;;;/p-2. The molecule has 6 aliphatic rings. The smallest absolute Gasteiger partial charge is 0.283 e. The summed E-state index contributed by atoms with van der Waals surface area (Å²) in [6, 6.07) is 60.4. The zero-order valence-electron chi connectivity index (χ0n) is 78.7. The van der Waals surface area contributed by atoms with Crippen molar-refractivity contribution in [1.29, 1.82) is 0 Å². The molecule has 0 atom stereocenters. The predicted octanol–water partition coefficient (Wildman–Crippen LogP) is 17.1. The molecule has 39 heteroatoms. The molecule has 2 saturated carbocycles. The van der Waals surface area contributed by atoms with Crippen LogP contribution in [0.1, 0.15) is 153 Å². The molecule has 2 spiro atoms. The Balaban J connectivity index is 0.000000243. The molecule has 0 bridgehead atoms. The number of fused-ring (bicyclic) bond motifs is 10. The predicted molar refractivity (Wildman–Crippen MR) is 521 cm³/mol. The summed E-state index contributed by atoms with van der Waals surface area (Å²) in [5.74, 6) is -0.784. The summed E-state index contributed by atoms with van der Waals surface area (Å²) in [5, 5.41) is 106. The van der Waals surface area contributed by atoms with Crippen molar-refractivity contribution in [3.05, 3.63) is 325 Å². The Morgan fingerprint density at radius 2 is 0.730 bits per heavy atom. The molecule has 34 nitrogen and oxygen atoms in total. The Hall–Kier alpha value is -12.8. The van der Waals surface area contributed by atoms with Gasteiger partial charge in [0.1, 0.15) is 45.7 Å². The van der Waals surface area contributed by atoms with Crippen LogP contribution in [0.2, 0.25) is 0 Å². The first kappa shape index (κ1) is 107. The molecular weight excluding hydrogens is 2030 g/mol. The first-order valence-corrected chi connectivity index (χ1v) is 49.2. The van der Waals surface area contributed by atoms with Crippen molar-refractivity contribution in [1.82, 2.24) is 0 Å². The molecule has 1 radical (unpaired) electrons. The third-order valence-electron chi connectivity index (χ3n) is 26.7. The fourth-order valence-corrected chi connectivity index (χ4v) is 21.1. The maximum atomic E-state index is 12.2. The Bertz CT molecular complexity index is 6470. The molecule has 17 rings (SSSR count). The topological polar surface area (TPSA) is 506 Å². The quantitative estimate of drug-likeness (QED) is 0.0212. The number of rotatable bonds is 22. The van der Waals surface area contributed by atoms with Crippen LogP contribution in [0.5, 0.6) is 23.0 Å². The van der Waals surface area contributed by atoms with E-state index in [0.717, 1.165) is 124 Å². The van der Waals surface area contributed by atoms with Gasteiger partial charge in [0.05, 0.1) is 51.6 Å². The summed E-state index contributed by atoms with van der Waals surface area (Å²) >= 11 is 7.07. The van der Waals surface area contributed by atoms with Crippen molar-refractivity contribution in [3.8, 4) is 23.0 Å². The zero-order valence-corrected chi connectivity index (χ0v) is 84.4. The first-order valence-electron chi connectivity index (χ1n) is 45.2. The second kappa shape index (κ2) is 44.5. The van der Waals surface area contributed by atoms with Gasteiger partial charge in [0, 0.05) is 185 Å². The fourth-order valence-electron chi connectivity index (χ4n) is 20.2. The minimum absolute atomic E-state index is 0. The average molecular weight is 2140 g/mol. The van der Waals surface area contributed by atoms with Gasteiger partial charge in [-0.3, -0.25) is 40.5 Å². The number of phenols is 4. The second-order valence-electron chi connectivity index (χ2n) is 35.5. The van der Waals surface area contributed by atoms with Crippen molar-refractivity contribution in [2.45, 2.75) is 154 Å². The SMILES string of the molecule is CCN(CC)c1ccc(N=Nc2ccc([N+](=O)[O-])cc2O)c(O)c1.CCN(CC)c1ccc(N=Nc2ccc([N+](=O)[O-])cc2O)c(O)c1.CN1/C(=C/C=C/C2=[N+](Cc3ccc(C[N+]4=C(/C=C/C=C5/N(C)c6cc(Br)c([N+](=O)[O-])cc6C56CCCCC6)C(C)(C)c5c4ccc4ccccc54)cc3)c3ccc4ccccc4c3C2(C)C)C2(CCCCC2)c2cc([N+](=O)[O-])c(Br)cc21.[Co].[O-][Cl+3]([O-])([O-])[O-].[O-][Cl+3]([O-])([O-])[O-]. The van der Waals surface area contributed by atoms with E-state index >= 15 is 0 Å². The number of benzene rings is 11. The van der Waals surface area contributed by atoms with Crippen LogP contribution in [0, 0.1) is 60.9 Å². The molecule has 2 aliphatic carbocycles. The number of allylic oxidation sites excluding steroid dienone is 8. The maximum Gasteiger partial charge on any atom is 0.283 e. The number of hydrogen-bond acceptors (Lipinski definition) is 28. The van der Waals surface area contributed by atoms with E-state index in [1.54, 1.807) is 24.3 Å². The molecule has 0 aromatic heterocycles. The minimum atomic E-state index is -4.94. The van der Waals surface area contributed by atoms with E-state index in [0.29, 0.717) is 22.0 Å². The molecule has 4 heterocycles. The second-order valence-corrected chi connectivity index (χ2v) is 38.7. The number of aromatic hydroxyl groups is 4. The van der Waals surface area contributed by atoms with Gasteiger partial charge >= 0.3 is 0 Å². The number of halogens is 4. The number of nitro groups is 4. The van der Waals surface area contributed by atoms with Crippen LogP contribution >= 0.6 is 31.9 Å². The fraction of sp³-hybridized carbons (Fsp3) is 0.294. The van der Waals surface area contributed by atoms with Crippen LogP contribution in [0.3, 0.4) is 0 Å². The summed E-state index contributed by atoms with van der Waals surface area (Å²) in [6.07, 6.45) is 24.2. The van der Waals surface area contributed by atoms with Crippen LogP contribution < -0.4 is 56.9 Å². The van der Waals surface area contributed by atoms with E-state index in [1.807, 2.05) is 64.1 Å². The van der Waals surface area contributed by atoms with Gasteiger partial charge in [-0.15, -0.1) is 40.9 Å². The van der Waals surface area contributed by atoms with E-state index in [2.05, 4.69) is 256 Å². The number of hydrogen-bond donors (Lipinski definition) is 4. The number of phenolic OH excluding ortho intramolecular Hbond substituents is 4. The summed E-state index contributed by atoms with van der Waals surface area (Å²) in [5.41, 5.74) is 17.4. The van der Waals surface area contributed by atoms with E-state index in [-0.39, 0.29) is 117 Å².